The normalized spacial score (nSPS) is 12.0. The number of hydrogen-bond donors (Lipinski definition) is 0. The molecule has 0 aliphatic heterocycles. The highest BCUT2D eigenvalue weighted by Gasteiger charge is 2.18. The summed E-state index contributed by atoms with van der Waals surface area (Å²) in [7, 11) is 1.88. The summed E-state index contributed by atoms with van der Waals surface area (Å²) < 4.78 is 0. The van der Waals surface area contributed by atoms with Gasteiger partial charge in [-0.1, -0.05) is 54.1 Å². The molecule has 0 fully saturated rings. The summed E-state index contributed by atoms with van der Waals surface area (Å²) in [5, 5.41) is 0. The van der Waals surface area contributed by atoms with Crippen LogP contribution in [0, 0.1) is 13.8 Å². The van der Waals surface area contributed by atoms with Crippen LogP contribution in [0.1, 0.15) is 35.2 Å². The lowest BCUT2D eigenvalue weighted by Gasteiger charge is -2.26. The van der Waals surface area contributed by atoms with Crippen LogP contribution in [0.15, 0.2) is 48.5 Å². The van der Waals surface area contributed by atoms with Crippen LogP contribution in [-0.4, -0.2) is 17.9 Å². The van der Waals surface area contributed by atoms with Gasteiger partial charge in [-0.25, -0.2) is 0 Å². The summed E-state index contributed by atoms with van der Waals surface area (Å²) in [6.07, 6.45) is 0.458. The van der Waals surface area contributed by atoms with Gasteiger partial charge in [0.05, 0.1) is 12.5 Å². The maximum Gasteiger partial charge on any atom is 0.227 e. The van der Waals surface area contributed by atoms with Crippen molar-refractivity contribution in [1.82, 2.24) is 4.90 Å². The summed E-state index contributed by atoms with van der Waals surface area (Å²) >= 11 is 0. The fourth-order valence-corrected chi connectivity index (χ4v) is 2.38. The molecule has 0 N–H and O–H groups in total. The molecule has 2 rings (SSSR count). The molecule has 2 nitrogen and oxygen atoms in total. The van der Waals surface area contributed by atoms with Crippen molar-refractivity contribution in [3.05, 3.63) is 70.8 Å². The lowest BCUT2D eigenvalue weighted by molar-refractivity contribution is -0.131. The van der Waals surface area contributed by atoms with Crippen molar-refractivity contribution < 1.29 is 4.79 Å². The quantitative estimate of drug-likeness (QED) is 0.827. The molecule has 0 bridgehead atoms. The predicted molar refractivity (Wildman–Crippen MR) is 87.2 cm³/mol. The van der Waals surface area contributed by atoms with Crippen LogP contribution in [0.5, 0.6) is 0 Å². The first-order valence-electron chi connectivity index (χ1n) is 7.35. The van der Waals surface area contributed by atoms with Gasteiger partial charge in [0.1, 0.15) is 0 Å². The zero-order chi connectivity index (χ0) is 15.4. The molecule has 0 aliphatic rings. The standard InChI is InChI=1S/C19H23NO/c1-14-9-11-17(12-10-14)16(3)20(4)19(21)13-18-8-6-5-7-15(18)2/h5-12,16H,13H2,1-4H3. The molecule has 0 heterocycles. The van der Waals surface area contributed by atoms with E-state index in [0.717, 1.165) is 5.56 Å². The zero-order valence-electron chi connectivity index (χ0n) is 13.3. The molecular formula is C19H23NO. The van der Waals surface area contributed by atoms with Gasteiger partial charge in [-0.3, -0.25) is 4.79 Å². The van der Waals surface area contributed by atoms with Gasteiger partial charge in [-0.05, 0) is 37.5 Å². The molecule has 2 aromatic carbocycles. The largest absolute Gasteiger partial charge is 0.339 e. The van der Waals surface area contributed by atoms with Crippen molar-refractivity contribution in [2.75, 3.05) is 7.05 Å². The van der Waals surface area contributed by atoms with Crippen molar-refractivity contribution in [3.8, 4) is 0 Å². The van der Waals surface area contributed by atoms with Gasteiger partial charge in [0.25, 0.3) is 0 Å². The van der Waals surface area contributed by atoms with Gasteiger partial charge >= 0.3 is 0 Å². The van der Waals surface area contributed by atoms with Crippen LogP contribution >= 0.6 is 0 Å². The van der Waals surface area contributed by atoms with Crippen LogP contribution in [0.3, 0.4) is 0 Å². The van der Waals surface area contributed by atoms with Crippen LogP contribution in [0.4, 0.5) is 0 Å². The summed E-state index contributed by atoms with van der Waals surface area (Å²) in [5.74, 6) is 0.150. The highest BCUT2D eigenvalue weighted by Crippen LogP contribution is 2.20. The highest BCUT2D eigenvalue weighted by atomic mass is 16.2. The Morgan fingerprint density at radius 3 is 2.29 bits per heavy atom. The third kappa shape index (κ3) is 3.72. The van der Waals surface area contributed by atoms with Gasteiger partial charge in [0.15, 0.2) is 0 Å². The summed E-state index contributed by atoms with van der Waals surface area (Å²) in [4.78, 5) is 14.3. The summed E-state index contributed by atoms with van der Waals surface area (Å²) in [6.45, 7) is 6.19. The van der Waals surface area contributed by atoms with Crippen molar-refractivity contribution >= 4 is 5.91 Å². The molecule has 0 spiro atoms. The number of carbonyl (C=O) groups excluding carboxylic acids is 1. The molecule has 0 radical (unpaired) electrons. The number of likely N-dealkylation sites (N-methyl/N-ethyl adjacent to an activating group) is 1. The van der Waals surface area contributed by atoms with Gasteiger partial charge < -0.3 is 4.90 Å². The van der Waals surface area contributed by atoms with Gasteiger partial charge in [-0.2, -0.15) is 0 Å². The van der Waals surface area contributed by atoms with Crippen molar-refractivity contribution in [3.63, 3.8) is 0 Å². The van der Waals surface area contributed by atoms with E-state index in [1.165, 1.54) is 16.7 Å². The number of nitrogens with zero attached hydrogens (tertiary/aromatic N) is 1. The van der Waals surface area contributed by atoms with E-state index in [1.54, 1.807) is 0 Å². The average Bonchev–Trinajstić information content (AvgIpc) is 2.49. The third-order valence-corrected chi connectivity index (χ3v) is 4.14. The van der Waals surface area contributed by atoms with E-state index in [2.05, 4.69) is 38.1 Å². The van der Waals surface area contributed by atoms with Gasteiger partial charge in [-0.15, -0.1) is 0 Å². The van der Waals surface area contributed by atoms with Crippen LogP contribution < -0.4 is 0 Å². The number of hydrogen-bond acceptors (Lipinski definition) is 1. The van der Waals surface area contributed by atoms with Crippen LogP contribution in [0.25, 0.3) is 0 Å². The van der Waals surface area contributed by atoms with E-state index >= 15 is 0 Å². The Balaban J connectivity index is 2.08. The number of carbonyl (C=O) groups is 1. The van der Waals surface area contributed by atoms with Crippen molar-refractivity contribution in [1.29, 1.82) is 0 Å². The lowest BCUT2D eigenvalue weighted by atomic mass is 10.0. The molecule has 1 unspecified atom stereocenters. The zero-order valence-corrected chi connectivity index (χ0v) is 13.3. The molecule has 0 aliphatic carbocycles. The Hall–Kier alpha value is -2.09. The number of benzene rings is 2. The number of aryl methyl sites for hydroxylation is 2. The Morgan fingerprint density at radius 2 is 1.67 bits per heavy atom. The van der Waals surface area contributed by atoms with Crippen molar-refractivity contribution in [2.24, 2.45) is 0 Å². The first kappa shape index (κ1) is 15.3. The molecular weight excluding hydrogens is 258 g/mol. The first-order valence-corrected chi connectivity index (χ1v) is 7.35. The average molecular weight is 281 g/mol. The second-order valence-electron chi connectivity index (χ2n) is 5.69. The fraction of sp³-hybridized carbons (Fsp3) is 0.316. The smallest absolute Gasteiger partial charge is 0.227 e. The molecule has 0 saturated heterocycles. The van der Waals surface area contributed by atoms with E-state index in [9.17, 15) is 4.79 Å². The number of amides is 1. The summed E-state index contributed by atoms with van der Waals surface area (Å²) in [5.41, 5.74) is 4.67. The van der Waals surface area contributed by atoms with E-state index in [-0.39, 0.29) is 11.9 Å². The molecule has 2 heteroatoms. The maximum absolute atomic E-state index is 12.5. The van der Waals surface area contributed by atoms with Gasteiger partial charge in [0, 0.05) is 7.05 Å². The minimum atomic E-state index is 0.0853. The molecule has 1 atom stereocenters. The topological polar surface area (TPSA) is 20.3 Å². The Labute approximate surface area is 127 Å². The van der Waals surface area contributed by atoms with E-state index in [4.69, 9.17) is 0 Å². The van der Waals surface area contributed by atoms with Gasteiger partial charge in [0.2, 0.25) is 5.91 Å². The van der Waals surface area contributed by atoms with Crippen LogP contribution in [0.2, 0.25) is 0 Å². The second-order valence-corrected chi connectivity index (χ2v) is 5.69. The highest BCUT2D eigenvalue weighted by molar-refractivity contribution is 5.79. The Kier molecular flexibility index (Phi) is 4.79. The molecule has 1 amide bonds. The van der Waals surface area contributed by atoms with Crippen LogP contribution in [-0.2, 0) is 11.2 Å². The third-order valence-electron chi connectivity index (χ3n) is 4.14. The van der Waals surface area contributed by atoms with E-state index in [0.29, 0.717) is 6.42 Å². The second kappa shape index (κ2) is 6.57. The molecule has 21 heavy (non-hydrogen) atoms. The number of rotatable bonds is 4. The molecule has 2 aromatic rings. The Bertz CT molecular complexity index is 616. The van der Waals surface area contributed by atoms with E-state index in [1.807, 2.05) is 43.1 Å². The minimum absolute atomic E-state index is 0.0853. The molecule has 0 aromatic heterocycles. The predicted octanol–water partition coefficient (Wildman–Crippen LogP) is 4.07. The minimum Gasteiger partial charge on any atom is -0.339 e. The first-order chi connectivity index (χ1) is 9.99. The van der Waals surface area contributed by atoms with E-state index < -0.39 is 0 Å². The SMILES string of the molecule is Cc1ccc(C(C)N(C)C(=O)Cc2ccccc2C)cc1. The molecule has 0 saturated carbocycles. The monoisotopic (exact) mass is 281 g/mol. The maximum atomic E-state index is 12.5. The summed E-state index contributed by atoms with van der Waals surface area (Å²) in [6, 6.07) is 16.5. The Morgan fingerprint density at radius 1 is 1.05 bits per heavy atom. The van der Waals surface area contributed by atoms with Crippen molar-refractivity contribution in [2.45, 2.75) is 33.2 Å². The molecule has 110 valence electrons. The lowest BCUT2D eigenvalue weighted by Crippen LogP contribution is -2.31. The fourth-order valence-electron chi connectivity index (χ4n) is 2.38.